The summed E-state index contributed by atoms with van der Waals surface area (Å²) >= 11 is 1.30. The molecule has 0 aromatic carbocycles. The number of likely N-dealkylation sites (tertiary alicyclic amines) is 1. The number of aryl methyl sites for hydroxylation is 1. The van der Waals surface area contributed by atoms with E-state index < -0.39 is 17.6 Å². The molecule has 2 aliphatic rings. The Morgan fingerprint density at radius 1 is 1.25 bits per heavy atom. The van der Waals surface area contributed by atoms with Crippen molar-refractivity contribution < 1.29 is 14.4 Å². The van der Waals surface area contributed by atoms with E-state index >= 15 is 0 Å². The molecule has 6 heteroatoms. The summed E-state index contributed by atoms with van der Waals surface area (Å²) in [6, 6.07) is 5.37. The molecule has 0 radical (unpaired) electrons. The van der Waals surface area contributed by atoms with Gasteiger partial charge in [0.15, 0.2) is 17.5 Å². The van der Waals surface area contributed by atoms with E-state index in [2.05, 4.69) is 0 Å². The van der Waals surface area contributed by atoms with Crippen molar-refractivity contribution >= 4 is 28.8 Å². The van der Waals surface area contributed by atoms with Crippen molar-refractivity contribution in [2.45, 2.75) is 32.6 Å². The first-order valence-electron chi connectivity index (χ1n) is 8.34. The number of thiophene rings is 1. The maximum absolute atomic E-state index is 12.7. The van der Waals surface area contributed by atoms with Crippen molar-refractivity contribution in [2.75, 3.05) is 13.1 Å². The van der Waals surface area contributed by atoms with Crippen LogP contribution in [0.3, 0.4) is 0 Å². The Balaban J connectivity index is 1.70. The predicted octanol–water partition coefficient (Wildman–Crippen LogP) is 2.60. The van der Waals surface area contributed by atoms with Crippen LogP contribution in [-0.2, 0) is 9.59 Å². The number of ketones is 2. The van der Waals surface area contributed by atoms with Crippen molar-refractivity contribution in [3.63, 3.8) is 0 Å². The van der Waals surface area contributed by atoms with Gasteiger partial charge >= 0.3 is 0 Å². The molecule has 126 valence electrons. The van der Waals surface area contributed by atoms with Gasteiger partial charge in [0.05, 0.1) is 10.9 Å². The summed E-state index contributed by atoms with van der Waals surface area (Å²) in [5.74, 6) is -2.16. The van der Waals surface area contributed by atoms with Gasteiger partial charge in [0.25, 0.3) is 0 Å². The van der Waals surface area contributed by atoms with E-state index in [1.54, 1.807) is 11.0 Å². The molecule has 1 saturated carbocycles. The van der Waals surface area contributed by atoms with E-state index in [-0.39, 0.29) is 17.6 Å². The van der Waals surface area contributed by atoms with Crippen LogP contribution in [0.25, 0.3) is 0 Å². The van der Waals surface area contributed by atoms with E-state index in [1.807, 2.05) is 19.1 Å². The second-order valence-corrected chi connectivity index (χ2v) is 7.92. The molecular formula is C18H20N2O3S. The lowest BCUT2D eigenvalue weighted by Crippen LogP contribution is -2.45. The topological polar surface area (TPSA) is 78.2 Å². The van der Waals surface area contributed by atoms with E-state index in [1.165, 1.54) is 11.3 Å². The zero-order valence-electron chi connectivity index (χ0n) is 13.7. The molecule has 0 spiro atoms. The Morgan fingerprint density at radius 3 is 2.58 bits per heavy atom. The molecule has 3 rings (SSSR count). The Morgan fingerprint density at radius 2 is 2.00 bits per heavy atom. The van der Waals surface area contributed by atoms with Crippen molar-refractivity contribution in [2.24, 2.45) is 17.8 Å². The summed E-state index contributed by atoms with van der Waals surface area (Å²) in [5.41, 5.74) is 0. The van der Waals surface area contributed by atoms with Crippen LogP contribution in [0.5, 0.6) is 0 Å². The second-order valence-electron chi connectivity index (χ2n) is 6.64. The van der Waals surface area contributed by atoms with Gasteiger partial charge in [-0.3, -0.25) is 14.4 Å². The average molecular weight is 344 g/mol. The molecule has 24 heavy (non-hydrogen) atoms. The van der Waals surface area contributed by atoms with Gasteiger partial charge in [-0.05, 0) is 44.7 Å². The van der Waals surface area contributed by atoms with Gasteiger partial charge in [-0.25, -0.2) is 0 Å². The Labute approximate surface area is 145 Å². The average Bonchev–Trinajstić information content (AvgIpc) is 3.35. The maximum atomic E-state index is 12.7. The number of amides is 1. The number of piperidine rings is 1. The van der Waals surface area contributed by atoms with Crippen LogP contribution in [0.1, 0.15) is 40.2 Å². The van der Waals surface area contributed by atoms with Crippen LogP contribution in [0.4, 0.5) is 0 Å². The summed E-state index contributed by atoms with van der Waals surface area (Å²) in [6.07, 6.45) is 3.26. The van der Waals surface area contributed by atoms with E-state index in [0.717, 1.165) is 24.1 Å². The summed E-state index contributed by atoms with van der Waals surface area (Å²) < 4.78 is 0. The van der Waals surface area contributed by atoms with Gasteiger partial charge in [0.1, 0.15) is 0 Å². The Kier molecular flexibility index (Phi) is 4.81. The van der Waals surface area contributed by atoms with Gasteiger partial charge in [0.2, 0.25) is 5.91 Å². The SMILES string of the molecule is Cc1ccc(C(=O)C(C#N)C(=O)C2CCCN(C(=O)C3CC3)C2)s1. The Bertz CT molecular complexity index is 714. The molecule has 2 atom stereocenters. The van der Waals surface area contributed by atoms with Gasteiger partial charge in [-0.2, -0.15) is 5.26 Å². The van der Waals surface area contributed by atoms with E-state index in [9.17, 15) is 19.6 Å². The molecule has 1 saturated heterocycles. The van der Waals surface area contributed by atoms with E-state index in [4.69, 9.17) is 0 Å². The van der Waals surface area contributed by atoms with Gasteiger partial charge in [-0.1, -0.05) is 0 Å². The highest BCUT2D eigenvalue weighted by molar-refractivity contribution is 7.14. The van der Waals surface area contributed by atoms with Crippen LogP contribution in [0.2, 0.25) is 0 Å². The van der Waals surface area contributed by atoms with Crippen LogP contribution in [0, 0.1) is 36.0 Å². The number of hydrogen-bond acceptors (Lipinski definition) is 5. The van der Waals surface area contributed by atoms with Crippen LogP contribution < -0.4 is 0 Å². The number of nitrogens with zero attached hydrogens (tertiary/aromatic N) is 2. The lowest BCUT2D eigenvalue weighted by molar-refractivity contribution is -0.136. The minimum absolute atomic E-state index is 0.126. The minimum atomic E-state index is -1.26. The minimum Gasteiger partial charge on any atom is -0.342 e. The Hall–Kier alpha value is -2.00. The van der Waals surface area contributed by atoms with Crippen molar-refractivity contribution in [1.29, 1.82) is 5.26 Å². The van der Waals surface area contributed by atoms with Crippen molar-refractivity contribution in [1.82, 2.24) is 4.90 Å². The molecule has 1 aliphatic carbocycles. The fourth-order valence-electron chi connectivity index (χ4n) is 3.19. The lowest BCUT2D eigenvalue weighted by atomic mass is 9.85. The standard InChI is InChI=1S/C18H20N2O3S/c1-11-4-7-15(24-11)17(22)14(9-19)16(21)13-3-2-8-20(10-13)18(23)12-5-6-12/h4,7,12-14H,2-3,5-6,8,10H2,1H3. The number of nitriles is 1. The van der Waals surface area contributed by atoms with Gasteiger partial charge < -0.3 is 4.90 Å². The molecule has 5 nitrogen and oxygen atoms in total. The number of carbonyl (C=O) groups is 3. The molecule has 0 bridgehead atoms. The first-order valence-corrected chi connectivity index (χ1v) is 9.15. The third kappa shape index (κ3) is 3.41. The summed E-state index contributed by atoms with van der Waals surface area (Å²) in [6.45, 7) is 2.91. The molecule has 1 aromatic heterocycles. The first kappa shape index (κ1) is 16.8. The number of Topliss-reactive ketones (excluding diaryl/α,β-unsaturated/α-hetero) is 2. The second kappa shape index (κ2) is 6.86. The molecule has 1 aliphatic heterocycles. The quantitative estimate of drug-likeness (QED) is 0.607. The molecule has 2 fully saturated rings. The smallest absolute Gasteiger partial charge is 0.225 e. The third-order valence-electron chi connectivity index (χ3n) is 4.72. The zero-order valence-corrected chi connectivity index (χ0v) is 14.5. The lowest BCUT2D eigenvalue weighted by Gasteiger charge is -2.32. The van der Waals surface area contributed by atoms with Crippen LogP contribution in [0.15, 0.2) is 12.1 Å². The van der Waals surface area contributed by atoms with Crippen LogP contribution >= 0.6 is 11.3 Å². The fraction of sp³-hybridized carbons (Fsp3) is 0.556. The molecule has 2 unspecified atom stereocenters. The largest absolute Gasteiger partial charge is 0.342 e. The number of hydrogen-bond donors (Lipinski definition) is 0. The summed E-state index contributed by atoms with van der Waals surface area (Å²) in [5, 5.41) is 9.37. The summed E-state index contributed by atoms with van der Waals surface area (Å²) in [4.78, 5) is 40.6. The molecular weight excluding hydrogens is 324 g/mol. The number of rotatable bonds is 5. The summed E-state index contributed by atoms with van der Waals surface area (Å²) in [7, 11) is 0. The zero-order chi connectivity index (χ0) is 17.3. The first-order chi connectivity index (χ1) is 11.5. The van der Waals surface area contributed by atoms with Crippen molar-refractivity contribution in [3.8, 4) is 6.07 Å². The van der Waals surface area contributed by atoms with Crippen molar-refractivity contribution in [3.05, 3.63) is 21.9 Å². The normalized spacial score (nSPS) is 21.8. The van der Waals surface area contributed by atoms with Gasteiger partial charge in [-0.15, -0.1) is 11.3 Å². The fourth-order valence-corrected chi connectivity index (χ4v) is 4.03. The molecule has 2 heterocycles. The highest BCUT2D eigenvalue weighted by atomic mass is 32.1. The van der Waals surface area contributed by atoms with E-state index in [0.29, 0.717) is 24.4 Å². The third-order valence-corrected chi connectivity index (χ3v) is 5.74. The van der Waals surface area contributed by atoms with Crippen LogP contribution in [-0.4, -0.2) is 35.5 Å². The predicted molar refractivity (Wildman–Crippen MR) is 89.5 cm³/mol. The number of carbonyl (C=O) groups excluding carboxylic acids is 3. The molecule has 0 N–H and O–H groups in total. The molecule has 1 aromatic rings. The highest BCUT2D eigenvalue weighted by Gasteiger charge is 2.39. The monoisotopic (exact) mass is 344 g/mol. The van der Waals surface area contributed by atoms with Gasteiger partial charge in [0, 0.05) is 29.8 Å². The molecule has 1 amide bonds. The maximum Gasteiger partial charge on any atom is 0.225 e. The highest BCUT2D eigenvalue weighted by Crippen LogP contribution is 2.33.